The van der Waals surface area contributed by atoms with Crippen molar-refractivity contribution in [3.05, 3.63) is 52.5 Å². The third-order valence-corrected chi connectivity index (χ3v) is 8.66. The smallest absolute Gasteiger partial charge is 0.243 e. The molecule has 1 amide bonds. The van der Waals surface area contributed by atoms with Crippen LogP contribution >= 0.6 is 15.9 Å². The summed E-state index contributed by atoms with van der Waals surface area (Å²) in [5, 5.41) is 0. The number of sulfonamides is 1. The second-order valence-electron chi connectivity index (χ2n) is 8.31. The van der Waals surface area contributed by atoms with E-state index in [2.05, 4.69) is 15.9 Å². The minimum atomic E-state index is -3.82. The average molecular weight is 521 g/mol. The van der Waals surface area contributed by atoms with Crippen molar-refractivity contribution < 1.29 is 17.9 Å². The van der Waals surface area contributed by atoms with Gasteiger partial charge in [0.2, 0.25) is 15.9 Å². The van der Waals surface area contributed by atoms with E-state index in [0.29, 0.717) is 18.9 Å². The fourth-order valence-electron chi connectivity index (χ4n) is 4.64. The second kappa shape index (κ2) is 9.93. The van der Waals surface area contributed by atoms with Crippen LogP contribution in [0.1, 0.15) is 44.6 Å². The van der Waals surface area contributed by atoms with Gasteiger partial charge in [0, 0.05) is 22.7 Å². The topological polar surface area (TPSA) is 66.9 Å². The van der Waals surface area contributed by atoms with Crippen LogP contribution in [0.3, 0.4) is 0 Å². The number of benzene rings is 2. The number of amides is 1. The van der Waals surface area contributed by atoms with Crippen LogP contribution in [0.15, 0.2) is 51.8 Å². The van der Waals surface area contributed by atoms with Crippen LogP contribution in [0.5, 0.6) is 5.75 Å². The van der Waals surface area contributed by atoms with Crippen molar-refractivity contribution in [2.75, 3.05) is 24.6 Å². The van der Waals surface area contributed by atoms with E-state index in [9.17, 15) is 13.2 Å². The zero-order chi connectivity index (χ0) is 22.7. The highest BCUT2D eigenvalue weighted by atomic mass is 79.9. The van der Waals surface area contributed by atoms with Gasteiger partial charge in [-0.15, -0.1) is 0 Å². The van der Waals surface area contributed by atoms with E-state index in [1.54, 1.807) is 29.2 Å². The third-order valence-electron chi connectivity index (χ3n) is 6.25. The van der Waals surface area contributed by atoms with Gasteiger partial charge in [0.1, 0.15) is 5.75 Å². The molecule has 32 heavy (non-hydrogen) atoms. The quantitative estimate of drug-likeness (QED) is 0.527. The largest absolute Gasteiger partial charge is 0.494 e. The Morgan fingerprint density at radius 2 is 1.84 bits per heavy atom. The van der Waals surface area contributed by atoms with Crippen LogP contribution in [0, 0.1) is 0 Å². The van der Waals surface area contributed by atoms with Crippen LogP contribution in [0.4, 0.5) is 5.69 Å². The van der Waals surface area contributed by atoms with Crippen molar-refractivity contribution in [3.8, 4) is 5.75 Å². The summed E-state index contributed by atoms with van der Waals surface area (Å²) in [6.07, 6.45) is 5.41. The number of anilines is 1. The maximum absolute atomic E-state index is 13.6. The van der Waals surface area contributed by atoms with E-state index < -0.39 is 10.0 Å². The number of carbonyl (C=O) groups is 1. The van der Waals surface area contributed by atoms with E-state index in [0.717, 1.165) is 54.2 Å². The molecule has 1 aliphatic carbocycles. The Bertz CT molecular complexity index is 1070. The molecule has 4 rings (SSSR count). The fourth-order valence-corrected chi connectivity index (χ4v) is 6.68. The van der Waals surface area contributed by atoms with Gasteiger partial charge < -0.3 is 9.64 Å². The standard InChI is InChI=1S/C24H29BrN2O4S/c1-2-31-21-9-11-22(12-10-21)32(29,30)27(20-6-4-3-5-7-20)17-24(28)26-15-14-18-16-19(25)8-13-23(18)26/h8-13,16,20H,2-7,14-15,17H2,1H3. The Morgan fingerprint density at radius 1 is 1.12 bits per heavy atom. The summed E-state index contributed by atoms with van der Waals surface area (Å²) in [5.41, 5.74) is 1.98. The lowest BCUT2D eigenvalue weighted by atomic mass is 9.95. The minimum absolute atomic E-state index is 0.143. The minimum Gasteiger partial charge on any atom is -0.494 e. The summed E-state index contributed by atoms with van der Waals surface area (Å²) in [6, 6.07) is 12.2. The van der Waals surface area contributed by atoms with Gasteiger partial charge in [-0.3, -0.25) is 4.79 Å². The number of rotatable bonds is 7. The molecule has 0 atom stereocenters. The van der Waals surface area contributed by atoms with E-state index in [-0.39, 0.29) is 23.4 Å². The van der Waals surface area contributed by atoms with Gasteiger partial charge in [-0.05, 0) is 74.2 Å². The monoisotopic (exact) mass is 520 g/mol. The molecular weight excluding hydrogens is 492 g/mol. The predicted octanol–water partition coefficient (Wildman–Crippen LogP) is 4.76. The average Bonchev–Trinajstić information content (AvgIpc) is 3.21. The van der Waals surface area contributed by atoms with Crippen LogP contribution in [-0.4, -0.2) is 44.4 Å². The Balaban J connectivity index is 1.60. The van der Waals surface area contributed by atoms with Gasteiger partial charge in [-0.2, -0.15) is 4.31 Å². The van der Waals surface area contributed by atoms with Gasteiger partial charge in [-0.25, -0.2) is 8.42 Å². The molecular formula is C24H29BrN2O4S. The molecule has 1 aliphatic heterocycles. The molecule has 6 nitrogen and oxygen atoms in total. The number of fused-ring (bicyclic) bond motifs is 1. The van der Waals surface area contributed by atoms with E-state index >= 15 is 0 Å². The van der Waals surface area contributed by atoms with Crippen LogP contribution in [0.2, 0.25) is 0 Å². The first kappa shape index (κ1) is 23.3. The first-order valence-electron chi connectivity index (χ1n) is 11.2. The summed E-state index contributed by atoms with van der Waals surface area (Å²) in [5.74, 6) is 0.456. The number of hydrogen-bond acceptors (Lipinski definition) is 4. The molecule has 1 saturated carbocycles. The van der Waals surface area contributed by atoms with Crippen molar-refractivity contribution >= 4 is 37.5 Å². The van der Waals surface area contributed by atoms with E-state index in [4.69, 9.17) is 4.74 Å². The van der Waals surface area contributed by atoms with E-state index in [1.165, 1.54) is 4.31 Å². The molecule has 1 heterocycles. The molecule has 1 fully saturated rings. The van der Waals surface area contributed by atoms with Crippen molar-refractivity contribution in [3.63, 3.8) is 0 Å². The molecule has 0 radical (unpaired) electrons. The predicted molar refractivity (Wildman–Crippen MR) is 129 cm³/mol. The van der Waals surface area contributed by atoms with Crippen LogP contribution < -0.4 is 9.64 Å². The maximum atomic E-state index is 13.6. The zero-order valence-electron chi connectivity index (χ0n) is 18.3. The van der Waals surface area contributed by atoms with Gasteiger partial charge in [-0.1, -0.05) is 35.2 Å². The number of halogens is 1. The van der Waals surface area contributed by atoms with Crippen LogP contribution in [0.25, 0.3) is 0 Å². The normalized spacial score (nSPS) is 16.9. The molecule has 0 N–H and O–H groups in total. The van der Waals surface area contributed by atoms with Crippen molar-refractivity contribution in [1.29, 1.82) is 0 Å². The molecule has 2 aliphatic rings. The number of nitrogens with zero attached hydrogens (tertiary/aromatic N) is 2. The van der Waals surface area contributed by atoms with Gasteiger partial charge in [0.15, 0.2) is 0 Å². The van der Waals surface area contributed by atoms with E-state index in [1.807, 2.05) is 25.1 Å². The molecule has 0 saturated heterocycles. The Labute approximate surface area is 198 Å². The number of carbonyl (C=O) groups excluding carboxylic acids is 1. The fraction of sp³-hybridized carbons (Fsp3) is 0.458. The highest BCUT2D eigenvalue weighted by Gasteiger charge is 2.36. The first-order valence-corrected chi connectivity index (χ1v) is 13.5. The van der Waals surface area contributed by atoms with Gasteiger partial charge >= 0.3 is 0 Å². The lowest BCUT2D eigenvalue weighted by molar-refractivity contribution is -0.119. The lowest BCUT2D eigenvalue weighted by Crippen LogP contribution is -2.48. The molecule has 0 aromatic heterocycles. The molecule has 2 aromatic carbocycles. The van der Waals surface area contributed by atoms with Crippen molar-refractivity contribution in [2.45, 2.75) is 56.4 Å². The first-order chi connectivity index (χ1) is 15.4. The number of ether oxygens (including phenoxy) is 1. The molecule has 0 unspecified atom stereocenters. The Hall–Kier alpha value is -1.90. The summed E-state index contributed by atoms with van der Waals surface area (Å²) >= 11 is 3.48. The SMILES string of the molecule is CCOc1ccc(S(=O)(=O)N(CC(=O)N2CCc3cc(Br)ccc32)C2CCCCC2)cc1. The van der Waals surface area contributed by atoms with Crippen LogP contribution in [-0.2, 0) is 21.2 Å². The molecule has 0 bridgehead atoms. The summed E-state index contributed by atoms with van der Waals surface area (Å²) in [7, 11) is -3.82. The highest BCUT2D eigenvalue weighted by Crippen LogP contribution is 2.32. The van der Waals surface area contributed by atoms with Crippen molar-refractivity contribution in [2.24, 2.45) is 0 Å². The summed E-state index contributed by atoms with van der Waals surface area (Å²) in [6.45, 7) is 2.83. The Morgan fingerprint density at radius 3 is 2.53 bits per heavy atom. The van der Waals surface area contributed by atoms with Gasteiger partial charge in [0.05, 0.1) is 18.0 Å². The molecule has 8 heteroatoms. The third kappa shape index (κ3) is 4.87. The summed E-state index contributed by atoms with van der Waals surface area (Å²) in [4.78, 5) is 15.3. The zero-order valence-corrected chi connectivity index (χ0v) is 20.7. The lowest BCUT2D eigenvalue weighted by Gasteiger charge is -2.34. The Kier molecular flexibility index (Phi) is 7.22. The number of hydrogen-bond donors (Lipinski definition) is 0. The summed E-state index contributed by atoms with van der Waals surface area (Å²) < 4.78 is 35.2. The highest BCUT2D eigenvalue weighted by molar-refractivity contribution is 9.10. The van der Waals surface area contributed by atoms with Crippen molar-refractivity contribution in [1.82, 2.24) is 4.31 Å². The van der Waals surface area contributed by atoms with Gasteiger partial charge in [0.25, 0.3) is 0 Å². The second-order valence-corrected chi connectivity index (χ2v) is 11.1. The molecule has 172 valence electrons. The molecule has 2 aromatic rings. The molecule has 0 spiro atoms. The maximum Gasteiger partial charge on any atom is 0.243 e.